The predicted octanol–water partition coefficient (Wildman–Crippen LogP) is 4.83. The van der Waals surface area contributed by atoms with E-state index < -0.39 is 26.8 Å². The van der Waals surface area contributed by atoms with Gasteiger partial charge in [0.15, 0.2) is 0 Å². The van der Waals surface area contributed by atoms with Crippen molar-refractivity contribution in [3.05, 3.63) is 52.5 Å². The van der Waals surface area contributed by atoms with Gasteiger partial charge in [0.2, 0.25) is 0 Å². The van der Waals surface area contributed by atoms with Crippen molar-refractivity contribution >= 4 is 21.7 Å². The lowest BCUT2D eigenvalue weighted by atomic mass is 10.2. The van der Waals surface area contributed by atoms with Crippen LogP contribution in [0.25, 0.3) is 0 Å². The normalized spacial score (nSPS) is 12.1. The number of rotatable bonds is 5. The SMILES string of the molecule is CCOc1cc(C)cc(OS(=O)(=O)c2cc(C(F)(F)F)ccc2Cl)c1. The van der Waals surface area contributed by atoms with Crippen LogP contribution in [-0.2, 0) is 16.3 Å². The molecule has 25 heavy (non-hydrogen) atoms. The third-order valence-electron chi connectivity index (χ3n) is 3.07. The fourth-order valence-electron chi connectivity index (χ4n) is 2.05. The van der Waals surface area contributed by atoms with Crippen molar-refractivity contribution in [2.45, 2.75) is 24.9 Å². The van der Waals surface area contributed by atoms with Crippen molar-refractivity contribution < 1.29 is 30.5 Å². The topological polar surface area (TPSA) is 52.6 Å². The molecule has 0 spiro atoms. The largest absolute Gasteiger partial charge is 0.494 e. The zero-order valence-corrected chi connectivity index (χ0v) is 14.8. The zero-order valence-electron chi connectivity index (χ0n) is 13.2. The van der Waals surface area contributed by atoms with Gasteiger partial charge in [0.05, 0.1) is 17.2 Å². The molecular weight excluding hydrogens is 381 g/mol. The molecule has 0 aliphatic heterocycles. The quantitative estimate of drug-likeness (QED) is 0.681. The maximum atomic E-state index is 12.8. The van der Waals surface area contributed by atoms with E-state index >= 15 is 0 Å². The van der Waals surface area contributed by atoms with E-state index in [-0.39, 0.29) is 10.8 Å². The van der Waals surface area contributed by atoms with Gasteiger partial charge in [-0.2, -0.15) is 21.6 Å². The second-order valence-electron chi connectivity index (χ2n) is 5.10. The molecule has 0 atom stereocenters. The van der Waals surface area contributed by atoms with Crippen molar-refractivity contribution in [2.75, 3.05) is 6.61 Å². The Morgan fingerprint density at radius 3 is 2.32 bits per heavy atom. The van der Waals surface area contributed by atoms with Gasteiger partial charge in [-0.15, -0.1) is 0 Å². The summed E-state index contributed by atoms with van der Waals surface area (Å²) in [7, 11) is -4.56. The first kappa shape index (κ1) is 19.4. The second kappa shape index (κ2) is 7.13. The highest BCUT2D eigenvalue weighted by atomic mass is 35.5. The lowest BCUT2D eigenvalue weighted by Gasteiger charge is -2.13. The first-order valence-electron chi connectivity index (χ1n) is 7.08. The Balaban J connectivity index is 2.43. The van der Waals surface area contributed by atoms with Crippen molar-refractivity contribution in [2.24, 2.45) is 0 Å². The summed E-state index contributed by atoms with van der Waals surface area (Å²) >= 11 is 5.76. The summed E-state index contributed by atoms with van der Waals surface area (Å²) in [5, 5.41) is -0.370. The fourth-order valence-corrected chi connectivity index (χ4v) is 3.47. The summed E-state index contributed by atoms with van der Waals surface area (Å²) in [6, 6.07) is 6.41. The minimum Gasteiger partial charge on any atom is -0.494 e. The van der Waals surface area contributed by atoms with E-state index in [0.717, 1.165) is 6.07 Å². The Morgan fingerprint density at radius 1 is 1.08 bits per heavy atom. The molecular formula is C16H14ClF3O4S. The molecule has 0 saturated heterocycles. The van der Waals surface area contributed by atoms with E-state index in [1.807, 2.05) is 0 Å². The molecule has 0 aromatic heterocycles. The van der Waals surface area contributed by atoms with Crippen LogP contribution in [0.5, 0.6) is 11.5 Å². The van der Waals surface area contributed by atoms with Crippen LogP contribution in [0.4, 0.5) is 13.2 Å². The minimum atomic E-state index is -4.71. The molecule has 0 amide bonds. The zero-order chi connectivity index (χ0) is 18.8. The highest BCUT2D eigenvalue weighted by Gasteiger charge is 2.33. The number of ether oxygens (including phenoxy) is 1. The molecule has 0 unspecified atom stereocenters. The maximum absolute atomic E-state index is 12.8. The standard InChI is InChI=1S/C16H14ClF3O4S/c1-3-23-12-6-10(2)7-13(9-12)24-25(21,22)15-8-11(16(18,19)20)4-5-14(15)17/h4-9H,3H2,1-2H3. The summed E-state index contributed by atoms with van der Waals surface area (Å²) < 4.78 is 73.4. The average molecular weight is 395 g/mol. The number of benzene rings is 2. The molecule has 0 radical (unpaired) electrons. The molecule has 0 N–H and O–H groups in total. The van der Waals surface area contributed by atoms with Crippen molar-refractivity contribution in [3.63, 3.8) is 0 Å². The van der Waals surface area contributed by atoms with E-state index in [4.69, 9.17) is 20.5 Å². The van der Waals surface area contributed by atoms with E-state index in [1.54, 1.807) is 19.9 Å². The van der Waals surface area contributed by atoms with Crippen LogP contribution in [0.2, 0.25) is 5.02 Å². The second-order valence-corrected chi connectivity index (χ2v) is 7.02. The number of halogens is 4. The van der Waals surface area contributed by atoms with Gasteiger partial charge in [-0.05, 0) is 49.7 Å². The van der Waals surface area contributed by atoms with E-state index in [0.29, 0.717) is 30.1 Å². The van der Waals surface area contributed by atoms with E-state index in [1.165, 1.54) is 12.1 Å². The highest BCUT2D eigenvalue weighted by Crippen LogP contribution is 2.34. The van der Waals surface area contributed by atoms with Crippen molar-refractivity contribution in [3.8, 4) is 11.5 Å². The molecule has 2 rings (SSSR count). The van der Waals surface area contributed by atoms with Crippen LogP contribution in [0, 0.1) is 6.92 Å². The van der Waals surface area contributed by atoms with Gasteiger partial charge in [0.1, 0.15) is 16.4 Å². The minimum absolute atomic E-state index is 0.0862. The van der Waals surface area contributed by atoms with Crippen LogP contribution in [0.15, 0.2) is 41.3 Å². The van der Waals surface area contributed by atoms with Gasteiger partial charge in [-0.3, -0.25) is 0 Å². The summed E-state index contributed by atoms with van der Waals surface area (Å²) in [5.74, 6) is 0.291. The molecule has 0 aliphatic rings. The Morgan fingerprint density at radius 2 is 1.72 bits per heavy atom. The van der Waals surface area contributed by atoms with Gasteiger partial charge in [-0.25, -0.2) is 0 Å². The van der Waals surface area contributed by atoms with Crippen molar-refractivity contribution in [1.29, 1.82) is 0 Å². The molecule has 0 saturated carbocycles. The Kier molecular flexibility index (Phi) is 5.53. The van der Waals surface area contributed by atoms with E-state index in [2.05, 4.69) is 0 Å². The fraction of sp³-hybridized carbons (Fsp3) is 0.250. The van der Waals surface area contributed by atoms with Gasteiger partial charge < -0.3 is 8.92 Å². The van der Waals surface area contributed by atoms with Gasteiger partial charge in [-0.1, -0.05) is 11.6 Å². The molecule has 2 aromatic carbocycles. The third-order valence-corrected chi connectivity index (χ3v) is 4.80. The number of alkyl halides is 3. The number of hydrogen-bond donors (Lipinski definition) is 0. The van der Waals surface area contributed by atoms with Crippen LogP contribution < -0.4 is 8.92 Å². The average Bonchev–Trinajstić information content (AvgIpc) is 2.45. The lowest BCUT2D eigenvalue weighted by Crippen LogP contribution is -2.13. The van der Waals surface area contributed by atoms with Gasteiger partial charge in [0, 0.05) is 6.07 Å². The Bertz CT molecular complexity index is 879. The van der Waals surface area contributed by atoms with Gasteiger partial charge >= 0.3 is 16.3 Å². The summed E-state index contributed by atoms with van der Waals surface area (Å²) in [5.41, 5.74) is -0.482. The van der Waals surface area contributed by atoms with Crippen LogP contribution >= 0.6 is 11.6 Å². The van der Waals surface area contributed by atoms with Crippen LogP contribution in [0.1, 0.15) is 18.1 Å². The van der Waals surface area contributed by atoms with E-state index in [9.17, 15) is 21.6 Å². The molecule has 0 heterocycles. The molecule has 0 fully saturated rings. The lowest BCUT2D eigenvalue weighted by molar-refractivity contribution is -0.137. The molecule has 2 aromatic rings. The molecule has 0 aliphatic carbocycles. The molecule has 0 bridgehead atoms. The smallest absolute Gasteiger partial charge is 0.416 e. The van der Waals surface area contributed by atoms with Crippen LogP contribution in [-0.4, -0.2) is 15.0 Å². The molecule has 9 heteroatoms. The Labute approximate surface area is 148 Å². The predicted molar refractivity (Wildman–Crippen MR) is 86.6 cm³/mol. The summed E-state index contributed by atoms with van der Waals surface area (Å²) in [6.07, 6.45) is -4.71. The monoisotopic (exact) mass is 394 g/mol. The maximum Gasteiger partial charge on any atom is 0.416 e. The highest BCUT2D eigenvalue weighted by molar-refractivity contribution is 7.87. The molecule has 136 valence electrons. The van der Waals surface area contributed by atoms with Crippen LogP contribution in [0.3, 0.4) is 0 Å². The number of hydrogen-bond acceptors (Lipinski definition) is 4. The number of aryl methyl sites for hydroxylation is 1. The first-order chi connectivity index (χ1) is 11.5. The molecule has 4 nitrogen and oxygen atoms in total. The Hall–Kier alpha value is -1.93. The van der Waals surface area contributed by atoms with Crippen molar-refractivity contribution in [1.82, 2.24) is 0 Å². The summed E-state index contributed by atoms with van der Waals surface area (Å²) in [4.78, 5) is -0.761. The van der Waals surface area contributed by atoms with Gasteiger partial charge in [0.25, 0.3) is 0 Å². The first-order valence-corrected chi connectivity index (χ1v) is 8.87. The summed E-state index contributed by atoms with van der Waals surface area (Å²) in [6.45, 7) is 3.80. The third kappa shape index (κ3) is 4.79.